The minimum absolute atomic E-state index is 0.0752. The zero-order valence-electron chi connectivity index (χ0n) is 11.9. The number of aromatic nitrogens is 3. The van der Waals surface area contributed by atoms with E-state index in [0.717, 1.165) is 19.4 Å². The van der Waals surface area contributed by atoms with Gasteiger partial charge in [0.1, 0.15) is 0 Å². The largest absolute Gasteiger partial charge is 0.476 e. The van der Waals surface area contributed by atoms with Crippen molar-refractivity contribution in [1.82, 2.24) is 15.0 Å². The minimum atomic E-state index is -1.01. The fourth-order valence-corrected chi connectivity index (χ4v) is 2.21. The van der Waals surface area contributed by atoms with E-state index in [1.165, 1.54) is 0 Å². The van der Waals surface area contributed by atoms with E-state index in [4.69, 9.17) is 5.11 Å². The molecule has 0 radical (unpaired) electrons. The first-order chi connectivity index (χ1) is 8.27. The van der Waals surface area contributed by atoms with Gasteiger partial charge in [-0.05, 0) is 12.3 Å². The third kappa shape index (κ3) is 3.31. The van der Waals surface area contributed by atoms with E-state index in [1.54, 1.807) is 4.68 Å². The molecular weight excluding hydrogens is 230 g/mol. The molecule has 0 saturated heterocycles. The van der Waals surface area contributed by atoms with E-state index in [9.17, 15) is 4.79 Å². The Morgan fingerprint density at radius 3 is 2.50 bits per heavy atom. The third-order valence-electron chi connectivity index (χ3n) is 2.91. The number of hydrogen-bond acceptors (Lipinski definition) is 3. The van der Waals surface area contributed by atoms with Gasteiger partial charge in [-0.15, -0.1) is 5.10 Å². The summed E-state index contributed by atoms with van der Waals surface area (Å²) >= 11 is 0. The van der Waals surface area contributed by atoms with Crippen LogP contribution in [0.1, 0.15) is 63.6 Å². The monoisotopic (exact) mass is 253 g/mol. The predicted molar refractivity (Wildman–Crippen MR) is 69.8 cm³/mol. The highest BCUT2D eigenvalue weighted by molar-refractivity contribution is 5.86. The molecule has 1 rings (SSSR count). The number of carboxylic acids is 1. The van der Waals surface area contributed by atoms with Gasteiger partial charge in [0.25, 0.3) is 0 Å². The zero-order valence-corrected chi connectivity index (χ0v) is 11.9. The zero-order chi connectivity index (χ0) is 13.9. The molecule has 0 saturated carbocycles. The van der Waals surface area contributed by atoms with Crippen LogP contribution in [0.25, 0.3) is 0 Å². The van der Waals surface area contributed by atoms with Crippen molar-refractivity contribution in [2.75, 3.05) is 0 Å². The van der Waals surface area contributed by atoms with Crippen LogP contribution in [-0.2, 0) is 12.0 Å². The maximum Gasteiger partial charge on any atom is 0.358 e. The summed E-state index contributed by atoms with van der Waals surface area (Å²) in [6.45, 7) is 11.0. The van der Waals surface area contributed by atoms with Crippen molar-refractivity contribution in [3.63, 3.8) is 0 Å². The van der Waals surface area contributed by atoms with Crippen LogP contribution in [0.15, 0.2) is 0 Å². The predicted octanol–water partition coefficient (Wildman–Crippen LogP) is 2.71. The lowest BCUT2D eigenvalue weighted by Crippen LogP contribution is -2.23. The molecule has 1 aromatic heterocycles. The molecular formula is C13H23N3O2. The molecule has 102 valence electrons. The highest BCUT2D eigenvalue weighted by Crippen LogP contribution is 2.25. The van der Waals surface area contributed by atoms with Gasteiger partial charge in [-0.2, -0.15) is 0 Å². The van der Waals surface area contributed by atoms with Gasteiger partial charge in [-0.3, -0.25) is 0 Å². The van der Waals surface area contributed by atoms with E-state index in [0.29, 0.717) is 11.6 Å². The lowest BCUT2D eigenvalue weighted by Gasteiger charge is -2.21. The number of hydrogen-bond donors (Lipinski definition) is 1. The maximum absolute atomic E-state index is 11.2. The smallest absolute Gasteiger partial charge is 0.358 e. The van der Waals surface area contributed by atoms with Crippen molar-refractivity contribution >= 4 is 5.97 Å². The molecule has 5 nitrogen and oxygen atoms in total. The average molecular weight is 253 g/mol. The molecule has 0 aliphatic carbocycles. The summed E-state index contributed by atoms with van der Waals surface area (Å²) in [6.07, 6.45) is 2.22. The summed E-state index contributed by atoms with van der Waals surface area (Å²) < 4.78 is 1.75. The molecule has 1 aromatic rings. The Morgan fingerprint density at radius 1 is 1.44 bits per heavy atom. The van der Waals surface area contributed by atoms with Gasteiger partial charge >= 0.3 is 5.97 Å². The standard InChI is InChI=1S/C13H23N3O2/c1-6-7-9(2)8-16-11(13(3,4)5)10(12(17)18)14-15-16/h9H,6-8H2,1-5H3,(H,17,18). The molecule has 18 heavy (non-hydrogen) atoms. The number of rotatable bonds is 5. The van der Waals surface area contributed by atoms with E-state index in [1.807, 2.05) is 20.8 Å². The Labute approximate surface area is 108 Å². The van der Waals surface area contributed by atoms with Gasteiger partial charge in [-0.25, -0.2) is 9.48 Å². The van der Waals surface area contributed by atoms with E-state index in [-0.39, 0.29) is 11.1 Å². The van der Waals surface area contributed by atoms with Crippen LogP contribution in [-0.4, -0.2) is 26.1 Å². The Kier molecular flexibility index (Phi) is 4.48. The van der Waals surface area contributed by atoms with Crippen molar-refractivity contribution in [3.8, 4) is 0 Å². The molecule has 0 bridgehead atoms. The summed E-state index contributed by atoms with van der Waals surface area (Å²) in [5.74, 6) is -0.534. The second-order valence-corrected chi connectivity index (χ2v) is 5.92. The van der Waals surface area contributed by atoms with Crippen LogP contribution < -0.4 is 0 Å². The Morgan fingerprint density at radius 2 is 2.06 bits per heavy atom. The highest BCUT2D eigenvalue weighted by Gasteiger charge is 2.29. The van der Waals surface area contributed by atoms with Crippen molar-refractivity contribution in [1.29, 1.82) is 0 Å². The maximum atomic E-state index is 11.2. The molecule has 0 aromatic carbocycles. The van der Waals surface area contributed by atoms with Crippen molar-refractivity contribution < 1.29 is 9.90 Å². The van der Waals surface area contributed by atoms with Crippen LogP contribution in [0, 0.1) is 5.92 Å². The fraction of sp³-hybridized carbons (Fsp3) is 0.769. The first-order valence-electron chi connectivity index (χ1n) is 6.44. The SMILES string of the molecule is CCCC(C)Cn1nnc(C(=O)O)c1C(C)(C)C. The molecule has 1 unspecified atom stereocenters. The van der Waals surface area contributed by atoms with Crippen LogP contribution >= 0.6 is 0 Å². The molecule has 0 aliphatic heterocycles. The van der Waals surface area contributed by atoms with Gasteiger partial charge in [0.15, 0.2) is 5.69 Å². The van der Waals surface area contributed by atoms with Gasteiger partial charge in [0.2, 0.25) is 0 Å². The average Bonchev–Trinajstić information content (AvgIpc) is 2.61. The van der Waals surface area contributed by atoms with Crippen LogP contribution in [0.3, 0.4) is 0 Å². The summed E-state index contributed by atoms with van der Waals surface area (Å²) in [7, 11) is 0. The Balaban J connectivity index is 3.09. The Bertz CT molecular complexity index is 418. The molecule has 5 heteroatoms. The van der Waals surface area contributed by atoms with E-state index < -0.39 is 5.97 Å². The van der Waals surface area contributed by atoms with Crippen molar-refractivity contribution in [2.45, 2.75) is 59.4 Å². The molecule has 0 fully saturated rings. The number of carboxylic acid groups (broad SMARTS) is 1. The van der Waals surface area contributed by atoms with Crippen LogP contribution in [0.4, 0.5) is 0 Å². The van der Waals surface area contributed by atoms with Gasteiger partial charge in [0.05, 0.1) is 5.69 Å². The highest BCUT2D eigenvalue weighted by atomic mass is 16.4. The molecule has 0 aliphatic rings. The number of aromatic carboxylic acids is 1. The summed E-state index contributed by atoms with van der Waals surface area (Å²) in [5.41, 5.74) is 0.507. The lowest BCUT2D eigenvalue weighted by atomic mass is 9.90. The van der Waals surface area contributed by atoms with Crippen molar-refractivity contribution in [3.05, 3.63) is 11.4 Å². The molecule has 1 atom stereocenters. The van der Waals surface area contributed by atoms with Crippen LogP contribution in [0.5, 0.6) is 0 Å². The number of nitrogens with zero attached hydrogens (tertiary/aromatic N) is 3. The van der Waals surface area contributed by atoms with E-state index in [2.05, 4.69) is 24.2 Å². The van der Waals surface area contributed by atoms with Gasteiger partial charge in [-0.1, -0.05) is 46.3 Å². The van der Waals surface area contributed by atoms with E-state index >= 15 is 0 Å². The lowest BCUT2D eigenvalue weighted by molar-refractivity contribution is 0.0687. The Hall–Kier alpha value is -1.39. The second-order valence-electron chi connectivity index (χ2n) is 5.92. The van der Waals surface area contributed by atoms with Gasteiger partial charge in [0, 0.05) is 12.0 Å². The third-order valence-corrected chi connectivity index (χ3v) is 2.91. The minimum Gasteiger partial charge on any atom is -0.476 e. The molecule has 1 heterocycles. The molecule has 1 N–H and O–H groups in total. The molecule has 0 spiro atoms. The quantitative estimate of drug-likeness (QED) is 0.876. The topological polar surface area (TPSA) is 68.0 Å². The number of carbonyl (C=O) groups is 1. The molecule has 0 amide bonds. The summed E-state index contributed by atoms with van der Waals surface area (Å²) in [5, 5.41) is 17.0. The van der Waals surface area contributed by atoms with Gasteiger partial charge < -0.3 is 5.11 Å². The summed E-state index contributed by atoms with van der Waals surface area (Å²) in [4.78, 5) is 11.2. The van der Waals surface area contributed by atoms with Crippen molar-refractivity contribution in [2.24, 2.45) is 5.92 Å². The first-order valence-corrected chi connectivity index (χ1v) is 6.44. The fourth-order valence-electron chi connectivity index (χ4n) is 2.21. The summed E-state index contributed by atoms with van der Waals surface area (Å²) in [6, 6.07) is 0. The second kappa shape index (κ2) is 5.50. The first kappa shape index (κ1) is 14.7. The normalized spacial score (nSPS) is 13.6. The van der Waals surface area contributed by atoms with Crippen LogP contribution in [0.2, 0.25) is 0 Å².